The Bertz CT molecular complexity index is 814. The highest BCUT2D eigenvalue weighted by Gasteiger charge is 2.32. The molecule has 0 amide bonds. The first-order chi connectivity index (χ1) is 13.1. The second-order valence-electron chi connectivity index (χ2n) is 6.82. The topological polar surface area (TPSA) is 40.2 Å². The predicted octanol–water partition coefficient (Wildman–Crippen LogP) is 2.55. The summed E-state index contributed by atoms with van der Waals surface area (Å²) in [4.78, 5) is 6.88. The van der Waals surface area contributed by atoms with E-state index in [4.69, 9.17) is 21.1 Å². The van der Waals surface area contributed by atoms with E-state index in [1.165, 1.54) is 5.70 Å². The first-order valence-corrected chi connectivity index (χ1v) is 9.50. The summed E-state index contributed by atoms with van der Waals surface area (Å²) in [7, 11) is 5.37. The van der Waals surface area contributed by atoms with Crippen molar-refractivity contribution in [1.29, 1.82) is 0 Å². The minimum Gasteiger partial charge on any atom is -0.496 e. The summed E-state index contributed by atoms with van der Waals surface area (Å²) in [5, 5.41) is 3.97. The number of ether oxygens (including phenoxy) is 2. The number of piperazine rings is 1. The summed E-state index contributed by atoms with van der Waals surface area (Å²) in [6.45, 7) is 4.13. The number of nitrogens with zero attached hydrogens (tertiary/aromatic N) is 3. The van der Waals surface area contributed by atoms with Crippen molar-refractivity contribution < 1.29 is 9.47 Å². The van der Waals surface area contributed by atoms with Gasteiger partial charge in [-0.15, -0.1) is 0 Å². The highest BCUT2D eigenvalue weighted by molar-refractivity contribution is 6.32. The first-order valence-electron chi connectivity index (χ1n) is 9.12. The van der Waals surface area contributed by atoms with Crippen LogP contribution in [-0.4, -0.2) is 68.3 Å². The van der Waals surface area contributed by atoms with Gasteiger partial charge in [-0.05, 0) is 18.2 Å². The average Bonchev–Trinajstić information content (AvgIpc) is 3.04. The number of nitrogens with one attached hydrogen (secondary N) is 1. The van der Waals surface area contributed by atoms with Crippen LogP contribution >= 0.6 is 11.6 Å². The molecule has 3 heterocycles. The molecule has 1 unspecified atom stereocenters. The molecule has 1 saturated heterocycles. The van der Waals surface area contributed by atoms with Crippen molar-refractivity contribution in [2.75, 3.05) is 47.4 Å². The number of fused-ring (bicyclic) bond motifs is 1. The molecule has 1 aromatic rings. The Hall–Kier alpha value is -2.31. The van der Waals surface area contributed by atoms with Gasteiger partial charge in [-0.1, -0.05) is 11.6 Å². The number of methoxy groups -OCH3 is 2. The Labute approximate surface area is 165 Å². The molecule has 4 rings (SSSR count). The van der Waals surface area contributed by atoms with Gasteiger partial charge in [0.1, 0.15) is 17.7 Å². The highest BCUT2D eigenvalue weighted by atomic mass is 35.5. The molecule has 1 N–H and O–H groups in total. The number of benzene rings is 1. The molecule has 1 fully saturated rings. The lowest BCUT2D eigenvalue weighted by atomic mass is 10.1. The van der Waals surface area contributed by atoms with Crippen LogP contribution in [0, 0.1) is 0 Å². The molecule has 0 radical (unpaired) electrons. The van der Waals surface area contributed by atoms with E-state index in [2.05, 4.69) is 51.6 Å². The van der Waals surface area contributed by atoms with E-state index in [1.54, 1.807) is 14.2 Å². The molecule has 1 aromatic carbocycles. The van der Waals surface area contributed by atoms with Gasteiger partial charge in [0, 0.05) is 63.0 Å². The molecule has 3 aliphatic heterocycles. The summed E-state index contributed by atoms with van der Waals surface area (Å²) in [6.07, 6.45) is 8.91. The van der Waals surface area contributed by atoms with Crippen molar-refractivity contribution in [3.8, 4) is 11.5 Å². The van der Waals surface area contributed by atoms with Crippen LogP contribution < -0.4 is 14.8 Å². The zero-order valence-corrected chi connectivity index (χ0v) is 16.7. The molecule has 7 heteroatoms. The molecule has 0 spiro atoms. The molecular weight excluding hydrogens is 364 g/mol. The maximum absolute atomic E-state index is 6.38. The van der Waals surface area contributed by atoms with Crippen molar-refractivity contribution in [2.24, 2.45) is 0 Å². The van der Waals surface area contributed by atoms with Crippen LogP contribution in [-0.2, 0) is 0 Å². The Kier molecular flexibility index (Phi) is 4.93. The summed E-state index contributed by atoms with van der Waals surface area (Å²) < 4.78 is 10.9. The molecule has 0 bridgehead atoms. The molecule has 1 atom stereocenters. The Balaban J connectivity index is 1.64. The van der Waals surface area contributed by atoms with E-state index in [-0.39, 0.29) is 6.17 Å². The third-order valence-electron chi connectivity index (χ3n) is 5.32. The fourth-order valence-electron chi connectivity index (χ4n) is 3.80. The molecule has 3 aliphatic rings. The molecular formula is C20H25ClN4O2. The molecule has 0 aliphatic carbocycles. The average molecular weight is 389 g/mol. The van der Waals surface area contributed by atoms with E-state index in [0.717, 1.165) is 43.2 Å². The van der Waals surface area contributed by atoms with Gasteiger partial charge in [0.2, 0.25) is 0 Å². The van der Waals surface area contributed by atoms with Crippen LogP contribution in [0.3, 0.4) is 0 Å². The number of hydrogen-bond acceptors (Lipinski definition) is 6. The number of halogens is 1. The van der Waals surface area contributed by atoms with E-state index in [1.807, 2.05) is 12.1 Å². The van der Waals surface area contributed by atoms with Crippen LogP contribution in [0.15, 0.2) is 42.4 Å². The second kappa shape index (κ2) is 7.37. The summed E-state index contributed by atoms with van der Waals surface area (Å²) >= 11 is 6.38. The lowest BCUT2D eigenvalue weighted by Gasteiger charge is -2.36. The van der Waals surface area contributed by atoms with Gasteiger partial charge in [-0.2, -0.15) is 0 Å². The number of hydrogen-bond donors (Lipinski definition) is 1. The zero-order valence-electron chi connectivity index (χ0n) is 15.9. The van der Waals surface area contributed by atoms with Gasteiger partial charge in [0.05, 0.1) is 24.9 Å². The molecule has 6 nitrogen and oxygen atoms in total. The highest BCUT2D eigenvalue weighted by Crippen LogP contribution is 2.41. The first kappa shape index (κ1) is 18.1. The van der Waals surface area contributed by atoms with Crippen molar-refractivity contribution in [3.05, 3.63) is 53.0 Å². The Morgan fingerprint density at radius 2 is 1.85 bits per heavy atom. The maximum Gasteiger partial charge on any atom is 0.141 e. The van der Waals surface area contributed by atoms with E-state index in [0.29, 0.717) is 10.8 Å². The summed E-state index contributed by atoms with van der Waals surface area (Å²) in [5.74, 6) is 1.35. The SMILES string of the molecule is COc1cc(OC)c(C2=CN3C=CC(N4CCNCC4)=CC3N2C)cc1Cl. The van der Waals surface area contributed by atoms with E-state index in [9.17, 15) is 0 Å². The van der Waals surface area contributed by atoms with Crippen LogP contribution in [0.4, 0.5) is 0 Å². The smallest absolute Gasteiger partial charge is 0.141 e. The molecule has 0 aromatic heterocycles. The van der Waals surface area contributed by atoms with Crippen molar-refractivity contribution >= 4 is 17.3 Å². The van der Waals surface area contributed by atoms with Crippen LogP contribution in [0.5, 0.6) is 11.5 Å². The number of rotatable bonds is 4. The predicted molar refractivity (Wildman–Crippen MR) is 108 cm³/mol. The monoisotopic (exact) mass is 388 g/mol. The van der Waals surface area contributed by atoms with Gasteiger partial charge in [0.15, 0.2) is 0 Å². The van der Waals surface area contributed by atoms with Gasteiger partial charge < -0.3 is 29.5 Å². The summed E-state index contributed by atoms with van der Waals surface area (Å²) in [5.41, 5.74) is 3.29. The number of allylic oxidation sites excluding steroid dienone is 1. The lowest BCUT2D eigenvalue weighted by molar-refractivity contribution is 0.258. The van der Waals surface area contributed by atoms with Crippen molar-refractivity contribution in [1.82, 2.24) is 20.0 Å². The quantitative estimate of drug-likeness (QED) is 0.854. The number of likely N-dealkylation sites (N-methyl/N-ethyl adjacent to an activating group) is 1. The minimum absolute atomic E-state index is 0.139. The third kappa shape index (κ3) is 3.24. The lowest BCUT2D eigenvalue weighted by Crippen LogP contribution is -2.44. The van der Waals surface area contributed by atoms with Crippen molar-refractivity contribution in [3.63, 3.8) is 0 Å². The van der Waals surface area contributed by atoms with E-state index < -0.39 is 0 Å². The molecule has 27 heavy (non-hydrogen) atoms. The molecule has 0 saturated carbocycles. The van der Waals surface area contributed by atoms with Crippen LogP contribution in [0.1, 0.15) is 5.56 Å². The summed E-state index contributed by atoms with van der Waals surface area (Å²) in [6, 6.07) is 3.74. The van der Waals surface area contributed by atoms with Crippen molar-refractivity contribution in [2.45, 2.75) is 6.17 Å². The van der Waals surface area contributed by atoms with Crippen LogP contribution in [0.25, 0.3) is 5.70 Å². The second-order valence-corrected chi connectivity index (χ2v) is 7.22. The Morgan fingerprint density at radius 1 is 1.11 bits per heavy atom. The Morgan fingerprint density at radius 3 is 2.56 bits per heavy atom. The fraction of sp³-hybridized carbons (Fsp3) is 0.400. The maximum atomic E-state index is 6.38. The largest absolute Gasteiger partial charge is 0.496 e. The van der Waals surface area contributed by atoms with Crippen LogP contribution in [0.2, 0.25) is 5.02 Å². The van der Waals surface area contributed by atoms with Gasteiger partial charge in [-0.25, -0.2) is 0 Å². The normalized spacial score (nSPS) is 21.8. The third-order valence-corrected chi connectivity index (χ3v) is 5.62. The standard InChI is InChI=1S/C20H25ClN4O2/c1-23-17(15-11-16(21)19(27-3)12-18(15)26-2)13-25-7-4-14(10-20(23)25)24-8-5-22-6-9-24/h4,7,10-13,20,22H,5-6,8-9H2,1-3H3. The fourth-order valence-corrected chi connectivity index (χ4v) is 4.05. The van der Waals surface area contributed by atoms with Gasteiger partial charge >= 0.3 is 0 Å². The molecule has 144 valence electrons. The van der Waals surface area contributed by atoms with Gasteiger partial charge in [0.25, 0.3) is 0 Å². The minimum atomic E-state index is 0.139. The van der Waals surface area contributed by atoms with E-state index >= 15 is 0 Å². The zero-order chi connectivity index (χ0) is 19.0. The van der Waals surface area contributed by atoms with Gasteiger partial charge in [-0.3, -0.25) is 0 Å².